The van der Waals surface area contributed by atoms with Crippen LogP contribution in [0.2, 0.25) is 0 Å². The van der Waals surface area contributed by atoms with Crippen molar-refractivity contribution in [2.45, 2.75) is 38.3 Å². The summed E-state index contributed by atoms with van der Waals surface area (Å²) in [6, 6.07) is 13.0. The molecule has 2 aliphatic rings. The molecule has 35 heavy (non-hydrogen) atoms. The number of aromatic nitrogens is 1. The molecule has 7 nitrogen and oxygen atoms in total. The molecule has 1 saturated heterocycles. The molecular formula is C27H28FN3O4. The molecule has 2 aromatic carbocycles. The van der Waals surface area contributed by atoms with E-state index >= 15 is 4.39 Å². The minimum absolute atomic E-state index is 0.0144. The average Bonchev–Trinajstić information content (AvgIpc) is 3.69. The van der Waals surface area contributed by atoms with Crippen molar-refractivity contribution >= 4 is 28.3 Å². The van der Waals surface area contributed by atoms with Crippen LogP contribution < -0.4 is 10.3 Å². The Morgan fingerprint density at radius 3 is 2.51 bits per heavy atom. The Balaban J connectivity index is 1.54. The number of anilines is 1. The molecule has 1 aliphatic heterocycles. The summed E-state index contributed by atoms with van der Waals surface area (Å²) in [7, 11) is 0. The number of hydrogen-bond acceptors (Lipinski definition) is 5. The van der Waals surface area contributed by atoms with Crippen molar-refractivity contribution in [1.82, 2.24) is 9.47 Å². The average molecular weight is 478 g/mol. The number of fused-ring (bicyclic) bond motifs is 1. The van der Waals surface area contributed by atoms with Gasteiger partial charge in [0.15, 0.2) is 0 Å². The summed E-state index contributed by atoms with van der Waals surface area (Å²) in [5.74, 6) is -1.70. The van der Waals surface area contributed by atoms with Gasteiger partial charge in [-0.05, 0) is 37.5 Å². The number of carbonyl (C=O) groups excluding carboxylic acids is 1. The molecule has 1 N–H and O–H groups in total. The minimum atomic E-state index is -1.30. The van der Waals surface area contributed by atoms with Gasteiger partial charge in [-0.25, -0.2) is 9.18 Å². The Morgan fingerprint density at radius 2 is 1.86 bits per heavy atom. The molecule has 1 aromatic heterocycles. The zero-order valence-corrected chi connectivity index (χ0v) is 19.6. The fourth-order valence-electron chi connectivity index (χ4n) is 5.01. The van der Waals surface area contributed by atoms with Crippen LogP contribution in [0.1, 0.15) is 54.2 Å². The zero-order chi connectivity index (χ0) is 24.7. The van der Waals surface area contributed by atoms with Gasteiger partial charge in [0, 0.05) is 50.2 Å². The molecule has 2 fully saturated rings. The summed E-state index contributed by atoms with van der Waals surface area (Å²) in [6.07, 6.45) is 3.66. The Bertz CT molecular complexity index is 1350. The van der Waals surface area contributed by atoms with E-state index in [4.69, 9.17) is 0 Å². The Labute approximate surface area is 202 Å². The second kappa shape index (κ2) is 9.26. The Hall–Kier alpha value is -3.52. The number of aromatic carboxylic acids is 1. The van der Waals surface area contributed by atoms with Gasteiger partial charge in [-0.2, -0.15) is 0 Å². The minimum Gasteiger partial charge on any atom is -0.477 e. The lowest BCUT2D eigenvalue weighted by Gasteiger charge is -2.43. The highest BCUT2D eigenvalue weighted by Gasteiger charge is 2.31. The second-order valence-electron chi connectivity index (χ2n) is 9.50. The topological polar surface area (TPSA) is 82.8 Å². The first-order valence-corrected chi connectivity index (χ1v) is 12.0. The second-order valence-corrected chi connectivity index (χ2v) is 9.50. The van der Waals surface area contributed by atoms with Gasteiger partial charge in [0.05, 0.1) is 17.2 Å². The van der Waals surface area contributed by atoms with Crippen LogP contribution in [0.3, 0.4) is 0 Å². The predicted molar refractivity (Wildman–Crippen MR) is 132 cm³/mol. The van der Waals surface area contributed by atoms with Gasteiger partial charge in [-0.1, -0.05) is 30.3 Å². The summed E-state index contributed by atoms with van der Waals surface area (Å²) < 4.78 is 17.3. The zero-order valence-electron chi connectivity index (χ0n) is 19.6. The van der Waals surface area contributed by atoms with E-state index in [9.17, 15) is 19.5 Å². The lowest BCUT2D eigenvalue weighted by Crippen LogP contribution is -2.49. The first-order chi connectivity index (χ1) is 16.8. The van der Waals surface area contributed by atoms with Crippen molar-refractivity contribution in [3.63, 3.8) is 0 Å². The number of carbonyl (C=O) groups is 2. The molecular weight excluding hydrogens is 449 g/mol. The van der Waals surface area contributed by atoms with Gasteiger partial charge in [0.1, 0.15) is 17.2 Å². The van der Waals surface area contributed by atoms with Crippen LogP contribution in [-0.2, 0) is 4.79 Å². The van der Waals surface area contributed by atoms with Crippen molar-refractivity contribution in [1.29, 1.82) is 0 Å². The number of pyridine rings is 1. The number of nitrogens with zero attached hydrogens (tertiary/aromatic N) is 3. The van der Waals surface area contributed by atoms with Crippen LogP contribution in [0.15, 0.2) is 53.5 Å². The Morgan fingerprint density at radius 1 is 1.11 bits per heavy atom. The van der Waals surface area contributed by atoms with E-state index in [1.165, 1.54) is 12.3 Å². The first-order valence-electron chi connectivity index (χ1n) is 12.0. The molecule has 0 amide bonds. The highest BCUT2D eigenvalue weighted by Crippen LogP contribution is 2.39. The van der Waals surface area contributed by atoms with E-state index in [0.29, 0.717) is 43.8 Å². The smallest absolute Gasteiger partial charge is 0.341 e. The molecule has 0 spiro atoms. The highest BCUT2D eigenvalue weighted by atomic mass is 19.1. The molecule has 1 unspecified atom stereocenters. The fraction of sp³-hybridized carbons (Fsp3) is 0.370. The van der Waals surface area contributed by atoms with Gasteiger partial charge in [-0.3, -0.25) is 14.5 Å². The SMILES string of the molecule is CC(=O)CCN1CCN(c2cc3c(cc2F)c(=O)c(C(=O)O)cn3C2CC2)CC1c1ccccc1. The number of Topliss-reactive ketones (excluding diaryl/α,β-unsaturated/α-hetero) is 1. The number of carboxylic acid groups (broad SMARTS) is 1. The number of piperazine rings is 1. The summed E-state index contributed by atoms with van der Waals surface area (Å²) >= 11 is 0. The van der Waals surface area contributed by atoms with E-state index < -0.39 is 17.2 Å². The van der Waals surface area contributed by atoms with Crippen LogP contribution in [0.25, 0.3) is 10.9 Å². The van der Waals surface area contributed by atoms with Crippen molar-refractivity contribution in [3.05, 3.63) is 75.8 Å². The normalized spacial score (nSPS) is 18.7. The maximum atomic E-state index is 15.5. The lowest BCUT2D eigenvalue weighted by atomic mass is 10.0. The number of rotatable bonds is 7. The number of benzene rings is 2. The summed E-state index contributed by atoms with van der Waals surface area (Å²) in [4.78, 5) is 40.3. The number of carboxylic acids is 1. The third kappa shape index (κ3) is 4.58. The van der Waals surface area contributed by atoms with Crippen molar-refractivity contribution < 1.29 is 19.1 Å². The molecule has 182 valence electrons. The standard InChI is InChI=1S/C27H28FN3O4/c1-17(32)9-10-29-11-12-30(16-25(29)18-5-3-2-4-6-18)24-14-23-20(13-22(24)28)26(33)21(27(34)35)15-31(23)19-7-8-19/h2-6,13-15,19,25H,7-12,16H2,1H3,(H,34,35). The number of halogens is 1. The van der Waals surface area contributed by atoms with Crippen LogP contribution in [0.4, 0.5) is 10.1 Å². The summed E-state index contributed by atoms with van der Waals surface area (Å²) in [6.45, 7) is 4.00. The van der Waals surface area contributed by atoms with E-state index in [1.54, 1.807) is 13.0 Å². The molecule has 1 atom stereocenters. The van der Waals surface area contributed by atoms with Crippen molar-refractivity contribution in [3.8, 4) is 0 Å². The molecule has 0 bridgehead atoms. The summed E-state index contributed by atoms with van der Waals surface area (Å²) in [5.41, 5.74) is 1.07. The number of ketones is 1. The van der Waals surface area contributed by atoms with E-state index in [2.05, 4.69) is 4.90 Å². The molecule has 3 aromatic rings. The molecule has 0 radical (unpaired) electrons. The quantitative estimate of drug-likeness (QED) is 0.554. The monoisotopic (exact) mass is 477 g/mol. The lowest BCUT2D eigenvalue weighted by molar-refractivity contribution is -0.117. The third-order valence-corrected chi connectivity index (χ3v) is 7.04. The molecule has 1 saturated carbocycles. The van der Waals surface area contributed by atoms with Gasteiger partial charge in [0.2, 0.25) is 5.43 Å². The predicted octanol–water partition coefficient (Wildman–Crippen LogP) is 4.02. The Kier molecular flexibility index (Phi) is 6.15. The summed E-state index contributed by atoms with van der Waals surface area (Å²) in [5, 5.41) is 9.57. The van der Waals surface area contributed by atoms with Gasteiger partial charge in [-0.15, -0.1) is 0 Å². The molecule has 1 aliphatic carbocycles. The molecule has 8 heteroatoms. The third-order valence-electron chi connectivity index (χ3n) is 7.04. The first kappa shape index (κ1) is 23.2. The maximum absolute atomic E-state index is 15.5. The molecule has 2 heterocycles. The van der Waals surface area contributed by atoms with Crippen LogP contribution in [0, 0.1) is 5.82 Å². The fourth-order valence-corrected chi connectivity index (χ4v) is 5.01. The van der Waals surface area contributed by atoms with Crippen LogP contribution in [0.5, 0.6) is 0 Å². The van der Waals surface area contributed by atoms with Gasteiger partial charge >= 0.3 is 5.97 Å². The maximum Gasteiger partial charge on any atom is 0.341 e. The highest BCUT2D eigenvalue weighted by molar-refractivity contribution is 5.93. The van der Waals surface area contributed by atoms with E-state index in [1.807, 2.05) is 39.8 Å². The van der Waals surface area contributed by atoms with Crippen LogP contribution in [-0.4, -0.2) is 52.5 Å². The van der Waals surface area contributed by atoms with Crippen molar-refractivity contribution in [2.24, 2.45) is 0 Å². The largest absolute Gasteiger partial charge is 0.477 e. The van der Waals surface area contributed by atoms with E-state index in [0.717, 1.165) is 18.4 Å². The number of hydrogen-bond donors (Lipinski definition) is 1. The van der Waals surface area contributed by atoms with Gasteiger partial charge in [0.25, 0.3) is 0 Å². The molecule has 5 rings (SSSR count). The van der Waals surface area contributed by atoms with Gasteiger partial charge < -0.3 is 14.6 Å². The van der Waals surface area contributed by atoms with Crippen molar-refractivity contribution in [2.75, 3.05) is 31.1 Å². The van der Waals surface area contributed by atoms with E-state index in [-0.39, 0.29) is 28.8 Å². The van der Waals surface area contributed by atoms with Crippen LogP contribution >= 0.6 is 0 Å².